The van der Waals surface area contributed by atoms with Gasteiger partial charge in [-0.1, -0.05) is 48.5 Å². The van der Waals surface area contributed by atoms with Crippen molar-refractivity contribution < 1.29 is 0 Å². The summed E-state index contributed by atoms with van der Waals surface area (Å²) in [5.74, 6) is 0.830. The van der Waals surface area contributed by atoms with Crippen LogP contribution in [0.3, 0.4) is 0 Å². The maximum Gasteiger partial charge on any atom is 0.0310 e. The summed E-state index contributed by atoms with van der Waals surface area (Å²) in [6, 6.07) is 11.2. The Hall–Kier alpha value is -0.790. The molecule has 0 bridgehead atoms. The van der Waals surface area contributed by atoms with Gasteiger partial charge in [0.15, 0.2) is 0 Å². The maximum atomic E-state index is 5.79. The van der Waals surface area contributed by atoms with E-state index in [1.165, 1.54) is 18.4 Å². The van der Waals surface area contributed by atoms with Crippen LogP contribution < -0.4 is 5.32 Å². The van der Waals surface area contributed by atoms with Gasteiger partial charge in [-0.25, -0.2) is 0 Å². The fourth-order valence-corrected chi connectivity index (χ4v) is 2.09. The van der Waals surface area contributed by atoms with E-state index in [9.17, 15) is 0 Å². The zero-order valence-corrected chi connectivity index (χ0v) is 10.2. The van der Waals surface area contributed by atoms with Crippen molar-refractivity contribution in [3.63, 3.8) is 0 Å². The van der Waals surface area contributed by atoms with E-state index in [1.54, 1.807) is 0 Å². The predicted octanol–water partition coefficient (Wildman–Crippen LogP) is 3.35. The second-order valence-corrected chi connectivity index (χ2v) is 5.07. The van der Waals surface area contributed by atoms with Crippen LogP contribution in [0.2, 0.25) is 0 Å². The van der Waals surface area contributed by atoms with E-state index in [0.29, 0.717) is 11.1 Å². The standard InChI is InChI=1S/C14H18ClN/c1-11(15)10-16-14(13-7-8-13)9-12-5-3-2-4-6-12/h2-6,13-14,16H,1,7-10H2. The molecule has 1 aromatic carbocycles. The minimum atomic E-state index is 0.554. The van der Waals surface area contributed by atoms with Crippen molar-refractivity contribution >= 4 is 11.6 Å². The van der Waals surface area contributed by atoms with Crippen molar-refractivity contribution in [1.29, 1.82) is 0 Å². The summed E-state index contributed by atoms with van der Waals surface area (Å²) in [6.07, 6.45) is 3.79. The zero-order chi connectivity index (χ0) is 11.4. The molecule has 1 saturated carbocycles. The molecule has 1 N–H and O–H groups in total. The Morgan fingerprint density at radius 2 is 2.06 bits per heavy atom. The highest BCUT2D eigenvalue weighted by molar-refractivity contribution is 6.29. The number of rotatable bonds is 6. The van der Waals surface area contributed by atoms with Gasteiger partial charge in [0, 0.05) is 17.6 Å². The molecule has 1 aliphatic carbocycles. The SMILES string of the molecule is C=C(Cl)CNC(Cc1ccccc1)C1CC1. The summed E-state index contributed by atoms with van der Waals surface area (Å²) >= 11 is 5.79. The highest BCUT2D eigenvalue weighted by atomic mass is 35.5. The minimum absolute atomic E-state index is 0.554. The van der Waals surface area contributed by atoms with Crippen LogP contribution in [0.1, 0.15) is 18.4 Å². The van der Waals surface area contributed by atoms with Gasteiger partial charge in [-0.15, -0.1) is 0 Å². The van der Waals surface area contributed by atoms with Crippen LogP contribution in [-0.4, -0.2) is 12.6 Å². The van der Waals surface area contributed by atoms with Gasteiger partial charge in [-0.2, -0.15) is 0 Å². The van der Waals surface area contributed by atoms with Gasteiger partial charge in [0.25, 0.3) is 0 Å². The van der Waals surface area contributed by atoms with E-state index in [0.717, 1.165) is 18.9 Å². The van der Waals surface area contributed by atoms with Gasteiger partial charge in [-0.05, 0) is 30.7 Å². The zero-order valence-electron chi connectivity index (χ0n) is 9.45. The lowest BCUT2D eigenvalue weighted by molar-refractivity contribution is 0.481. The molecule has 0 aliphatic heterocycles. The molecule has 2 rings (SSSR count). The number of nitrogens with one attached hydrogen (secondary N) is 1. The van der Waals surface area contributed by atoms with E-state index in [4.69, 9.17) is 11.6 Å². The second kappa shape index (κ2) is 5.51. The molecule has 0 radical (unpaired) electrons. The average molecular weight is 236 g/mol. The highest BCUT2D eigenvalue weighted by Gasteiger charge is 2.30. The normalized spacial score (nSPS) is 17.1. The average Bonchev–Trinajstić information content (AvgIpc) is 3.09. The molecule has 16 heavy (non-hydrogen) atoms. The summed E-state index contributed by atoms with van der Waals surface area (Å²) < 4.78 is 0. The van der Waals surface area contributed by atoms with Gasteiger partial charge < -0.3 is 5.32 Å². The third-order valence-electron chi connectivity index (χ3n) is 3.05. The molecule has 1 fully saturated rings. The first kappa shape index (κ1) is 11.7. The molecule has 1 nitrogen and oxygen atoms in total. The van der Waals surface area contributed by atoms with E-state index in [-0.39, 0.29) is 0 Å². The molecule has 0 heterocycles. The monoisotopic (exact) mass is 235 g/mol. The number of hydrogen-bond acceptors (Lipinski definition) is 1. The van der Waals surface area contributed by atoms with Crippen molar-refractivity contribution in [3.05, 3.63) is 47.5 Å². The van der Waals surface area contributed by atoms with Crippen LogP contribution in [0.5, 0.6) is 0 Å². The molecule has 2 heteroatoms. The van der Waals surface area contributed by atoms with Gasteiger partial charge in [0.1, 0.15) is 0 Å². The van der Waals surface area contributed by atoms with Gasteiger partial charge >= 0.3 is 0 Å². The van der Waals surface area contributed by atoms with Crippen LogP contribution >= 0.6 is 11.6 Å². The molecule has 0 spiro atoms. The van der Waals surface area contributed by atoms with Crippen LogP contribution in [0.25, 0.3) is 0 Å². The molecule has 1 unspecified atom stereocenters. The Labute approximate surface area is 103 Å². The quantitative estimate of drug-likeness (QED) is 0.798. The van der Waals surface area contributed by atoms with Crippen LogP contribution in [0.15, 0.2) is 41.9 Å². The molecule has 0 amide bonds. The fraction of sp³-hybridized carbons (Fsp3) is 0.429. The van der Waals surface area contributed by atoms with Gasteiger partial charge in [0.2, 0.25) is 0 Å². The van der Waals surface area contributed by atoms with Crippen molar-refractivity contribution in [3.8, 4) is 0 Å². The summed E-state index contributed by atoms with van der Waals surface area (Å²) in [5, 5.41) is 4.19. The summed E-state index contributed by atoms with van der Waals surface area (Å²) in [5.41, 5.74) is 1.40. The number of halogens is 1. The largest absolute Gasteiger partial charge is 0.308 e. The highest BCUT2D eigenvalue weighted by Crippen LogP contribution is 2.34. The molecular weight excluding hydrogens is 218 g/mol. The molecular formula is C14H18ClN. The third kappa shape index (κ3) is 3.66. The van der Waals surface area contributed by atoms with Gasteiger partial charge in [0.05, 0.1) is 0 Å². The van der Waals surface area contributed by atoms with Crippen LogP contribution in [0, 0.1) is 5.92 Å². The summed E-state index contributed by atoms with van der Waals surface area (Å²) in [7, 11) is 0. The lowest BCUT2D eigenvalue weighted by atomic mass is 10.0. The molecule has 1 atom stereocenters. The van der Waals surface area contributed by atoms with Crippen molar-refractivity contribution in [2.24, 2.45) is 5.92 Å². The summed E-state index contributed by atoms with van der Waals surface area (Å²) in [6.45, 7) is 4.43. The smallest absolute Gasteiger partial charge is 0.0310 e. The fourth-order valence-electron chi connectivity index (χ4n) is 2.01. The van der Waals surface area contributed by atoms with E-state index in [1.807, 2.05) is 0 Å². The molecule has 86 valence electrons. The van der Waals surface area contributed by atoms with Crippen LogP contribution in [0.4, 0.5) is 0 Å². The first-order valence-corrected chi connectivity index (χ1v) is 6.24. The Bertz CT molecular complexity index is 343. The van der Waals surface area contributed by atoms with Crippen LogP contribution in [-0.2, 0) is 6.42 Å². The lowest BCUT2D eigenvalue weighted by Crippen LogP contribution is -2.33. The van der Waals surface area contributed by atoms with E-state index in [2.05, 4.69) is 42.2 Å². The van der Waals surface area contributed by atoms with Crippen molar-refractivity contribution in [1.82, 2.24) is 5.32 Å². The van der Waals surface area contributed by atoms with Crippen molar-refractivity contribution in [2.45, 2.75) is 25.3 Å². The summed E-state index contributed by atoms with van der Waals surface area (Å²) in [4.78, 5) is 0. The number of hydrogen-bond donors (Lipinski definition) is 1. The Balaban J connectivity index is 1.90. The lowest BCUT2D eigenvalue weighted by Gasteiger charge is -2.18. The second-order valence-electron chi connectivity index (χ2n) is 4.53. The molecule has 0 saturated heterocycles. The number of benzene rings is 1. The van der Waals surface area contributed by atoms with E-state index >= 15 is 0 Å². The molecule has 1 aliphatic rings. The molecule has 0 aromatic heterocycles. The first-order chi connectivity index (χ1) is 7.75. The predicted molar refractivity (Wildman–Crippen MR) is 69.7 cm³/mol. The third-order valence-corrected chi connectivity index (χ3v) is 3.18. The molecule has 1 aromatic rings. The van der Waals surface area contributed by atoms with Crippen molar-refractivity contribution in [2.75, 3.05) is 6.54 Å². The maximum absolute atomic E-state index is 5.79. The topological polar surface area (TPSA) is 12.0 Å². The van der Waals surface area contributed by atoms with E-state index < -0.39 is 0 Å². The Kier molecular flexibility index (Phi) is 4.03. The Morgan fingerprint density at radius 1 is 1.38 bits per heavy atom. The first-order valence-electron chi connectivity index (χ1n) is 5.86. The minimum Gasteiger partial charge on any atom is -0.308 e. The Morgan fingerprint density at radius 3 is 2.62 bits per heavy atom. The van der Waals surface area contributed by atoms with Gasteiger partial charge in [-0.3, -0.25) is 0 Å².